The van der Waals surface area contributed by atoms with E-state index in [1.54, 1.807) is 0 Å². The smallest absolute Gasteiger partial charge is 0.342 e. The number of nitrogens with zero attached hydrogens (tertiary/aromatic N) is 1. The van der Waals surface area contributed by atoms with Crippen LogP contribution in [0.4, 0.5) is 4.79 Å². The van der Waals surface area contributed by atoms with Gasteiger partial charge in [-0.1, -0.05) is 6.08 Å². The summed E-state index contributed by atoms with van der Waals surface area (Å²) in [7, 11) is 0. The van der Waals surface area contributed by atoms with Gasteiger partial charge in [-0.05, 0) is 6.42 Å². The minimum atomic E-state index is -0.578. The molecule has 0 saturated heterocycles. The summed E-state index contributed by atoms with van der Waals surface area (Å²) in [6.07, 6.45) is 4.18. The van der Waals surface area contributed by atoms with E-state index in [9.17, 15) is 4.79 Å². The predicted octanol–water partition coefficient (Wildman–Crippen LogP) is 0.216. The fourth-order valence-corrected chi connectivity index (χ4v) is 0.569. The van der Waals surface area contributed by atoms with Crippen LogP contribution in [0.2, 0.25) is 0 Å². The summed E-state index contributed by atoms with van der Waals surface area (Å²) in [5, 5.41) is 1.02. The fraction of sp³-hybridized carbons (Fsp3) is 0.400. The Balaban J connectivity index is 2.50. The van der Waals surface area contributed by atoms with Gasteiger partial charge in [0.25, 0.3) is 0 Å². The third-order valence-corrected chi connectivity index (χ3v) is 0.973. The lowest BCUT2D eigenvalue weighted by Gasteiger charge is -2.17. The monoisotopic (exact) mass is 128 g/mol. The first-order valence-electron chi connectivity index (χ1n) is 2.69. The molecule has 1 rings (SSSR count). The molecule has 0 aromatic carbocycles. The van der Waals surface area contributed by atoms with Crippen molar-refractivity contribution >= 4 is 6.03 Å². The molecule has 2 N–H and O–H groups in total. The minimum Gasteiger partial charge on any atom is -0.349 e. The average molecular weight is 128 g/mol. The molecule has 0 atom stereocenters. The van der Waals surface area contributed by atoms with Gasteiger partial charge < -0.3 is 5.73 Å². The molecule has 0 fully saturated rings. The van der Waals surface area contributed by atoms with Gasteiger partial charge in [0.2, 0.25) is 0 Å². The zero-order chi connectivity index (χ0) is 6.69. The quantitative estimate of drug-likeness (QED) is 0.507. The van der Waals surface area contributed by atoms with E-state index in [0.717, 1.165) is 11.5 Å². The molecule has 2 amide bonds. The highest BCUT2D eigenvalue weighted by molar-refractivity contribution is 5.71. The Morgan fingerprint density at radius 3 is 2.89 bits per heavy atom. The van der Waals surface area contributed by atoms with Crippen LogP contribution in [0, 0.1) is 0 Å². The molecule has 0 aliphatic carbocycles. The average Bonchev–Trinajstić information content (AvgIpc) is 1.90. The first-order valence-corrected chi connectivity index (χ1v) is 2.69. The number of carbonyl (C=O) groups is 1. The number of hydroxylamine groups is 2. The molecule has 0 spiro atoms. The SMILES string of the molecule is NC(=O)N1C=CCCO1. The van der Waals surface area contributed by atoms with Crippen LogP contribution < -0.4 is 5.73 Å². The molecule has 0 saturated carbocycles. The van der Waals surface area contributed by atoms with Gasteiger partial charge in [0.05, 0.1) is 6.61 Å². The molecule has 1 aliphatic rings. The van der Waals surface area contributed by atoms with E-state index in [1.807, 2.05) is 6.08 Å². The first kappa shape index (κ1) is 6.10. The van der Waals surface area contributed by atoms with Crippen LogP contribution in [0.3, 0.4) is 0 Å². The summed E-state index contributed by atoms with van der Waals surface area (Å²) in [6.45, 7) is 0.527. The van der Waals surface area contributed by atoms with Crippen molar-refractivity contribution in [1.82, 2.24) is 5.06 Å². The Morgan fingerprint density at radius 1 is 1.78 bits per heavy atom. The lowest BCUT2D eigenvalue weighted by Crippen LogP contribution is -2.33. The maximum absolute atomic E-state index is 10.3. The largest absolute Gasteiger partial charge is 0.349 e. The van der Waals surface area contributed by atoms with Crippen molar-refractivity contribution in [2.75, 3.05) is 6.61 Å². The maximum atomic E-state index is 10.3. The third kappa shape index (κ3) is 1.43. The second kappa shape index (κ2) is 2.50. The number of amides is 2. The van der Waals surface area contributed by atoms with E-state index < -0.39 is 6.03 Å². The Hall–Kier alpha value is -1.03. The Labute approximate surface area is 52.8 Å². The Kier molecular flexibility index (Phi) is 1.69. The summed E-state index contributed by atoms with van der Waals surface area (Å²) >= 11 is 0. The standard InChI is InChI=1S/C5H8N2O2/c6-5(8)7-3-1-2-4-9-7/h1,3H,2,4H2,(H2,6,8). The van der Waals surface area contributed by atoms with Crippen molar-refractivity contribution < 1.29 is 9.63 Å². The van der Waals surface area contributed by atoms with Gasteiger partial charge >= 0.3 is 6.03 Å². The van der Waals surface area contributed by atoms with Crippen molar-refractivity contribution in [1.29, 1.82) is 0 Å². The Morgan fingerprint density at radius 2 is 2.56 bits per heavy atom. The van der Waals surface area contributed by atoms with Crippen LogP contribution in [-0.4, -0.2) is 17.7 Å². The molecule has 1 aliphatic heterocycles. The molecule has 9 heavy (non-hydrogen) atoms. The van der Waals surface area contributed by atoms with Gasteiger partial charge in [-0.15, -0.1) is 0 Å². The lowest BCUT2D eigenvalue weighted by molar-refractivity contribution is -0.0836. The van der Waals surface area contributed by atoms with E-state index in [1.165, 1.54) is 6.20 Å². The van der Waals surface area contributed by atoms with E-state index in [2.05, 4.69) is 0 Å². The van der Waals surface area contributed by atoms with Crippen molar-refractivity contribution in [3.05, 3.63) is 12.3 Å². The van der Waals surface area contributed by atoms with Crippen molar-refractivity contribution in [2.24, 2.45) is 5.73 Å². The zero-order valence-electron chi connectivity index (χ0n) is 4.91. The van der Waals surface area contributed by atoms with E-state index in [-0.39, 0.29) is 0 Å². The van der Waals surface area contributed by atoms with Crippen molar-refractivity contribution in [3.63, 3.8) is 0 Å². The fourth-order valence-electron chi connectivity index (χ4n) is 0.569. The second-order valence-electron chi connectivity index (χ2n) is 1.67. The molecular formula is C5H8N2O2. The summed E-state index contributed by atoms with van der Waals surface area (Å²) in [5.74, 6) is 0. The van der Waals surface area contributed by atoms with Gasteiger partial charge in [-0.3, -0.25) is 4.84 Å². The number of urea groups is 1. The minimum absolute atomic E-state index is 0.527. The molecule has 0 aromatic heterocycles. The number of hydrogen-bond acceptors (Lipinski definition) is 2. The van der Waals surface area contributed by atoms with E-state index in [4.69, 9.17) is 10.6 Å². The first-order chi connectivity index (χ1) is 4.30. The molecule has 0 bridgehead atoms. The van der Waals surface area contributed by atoms with Crippen LogP contribution in [0.15, 0.2) is 12.3 Å². The number of nitrogens with two attached hydrogens (primary N) is 1. The Bertz CT molecular complexity index is 144. The topological polar surface area (TPSA) is 55.6 Å². The van der Waals surface area contributed by atoms with Gasteiger partial charge in [0.15, 0.2) is 0 Å². The zero-order valence-corrected chi connectivity index (χ0v) is 4.91. The molecule has 4 heteroatoms. The maximum Gasteiger partial charge on any atom is 0.342 e. The van der Waals surface area contributed by atoms with Crippen LogP contribution in [0.5, 0.6) is 0 Å². The summed E-state index contributed by atoms with van der Waals surface area (Å²) < 4.78 is 0. The highest BCUT2D eigenvalue weighted by Crippen LogP contribution is 2.00. The van der Waals surface area contributed by atoms with Crippen molar-refractivity contribution in [3.8, 4) is 0 Å². The predicted molar refractivity (Wildman–Crippen MR) is 31.1 cm³/mol. The molecule has 1 heterocycles. The molecule has 0 aromatic rings. The summed E-state index contributed by atoms with van der Waals surface area (Å²) in [5.41, 5.74) is 4.88. The summed E-state index contributed by atoms with van der Waals surface area (Å²) in [4.78, 5) is 15.1. The van der Waals surface area contributed by atoms with Crippen molar-refractivity contribution in [2.45, 2.75) is 6.42 Å². The molecule has 0 unspecified atom stereocenters. The van der Waals surface area contributed by atoms with Crippen LogP contribution in [0.25, 0.3) is 0 Å². The highest BCUT2D eigenvalue weighted by atomic mass is 16.7. The molecule has 50 valence electrons. The van der Waals surface area contributed by atoms with Gasteiger partial charge in [-0.25, -0.2) is 4.79 Å². The van der Waals surface area contributed by atoms with Crippen LogP contribution >= 0.6 is 0 Å². The van der Waals surface area contributed by atoms with E-state index >= 15 is 0 Å². The molecule has 0 radical (unpaired) electrons. The number of rotatable bonds is 0. The van der Waals surface area contributed by atoms with Crippen LogP contribution in [-0.2, 0) is 4.84 Å². The third-order valence-electron chi connectivity index (χ3n) is 0.973. The molecule has 4 nitrogen and oxygen atoms in total. The number of hydrogen-bond donors (Lipinski definition) is 1. The van der Waals surface area contributed by atoms with Crippen LogP contribution in [0.1, 0.15) is 6.42 Å². The molecular weight excluding hydrogens is 120 g/mol. The normalized spacial score (nSPS) is 18.0. The number of primary amides is 1. The van der Waals surface area contributed by atoms with Gasteiger partial charge in [0.1, 0.15) is 0 Å². The van der Waals surface area contributed by atoms with E-state index in [0.29, 0.717) is 6.61 Å². The van der Waals surface area contributed by atoms with Gasteiger partial charge in [-0.2, -0.15) is 5.06 Å². The summed E-state index contributed by atoms with van der Waals surface area (Å²) in [6, 6.07) is -0.578. The second-order valence-corrected chi connectivity index (χ2v) is 1.67. The number of carbonyl (C=O) groups excluding carboxylic acids is 1. The van der Waals surface area contributed by atoms with Gasteiger partial charge in [0, 0.05) is 6.20 Å². The highest BCUT2D eigenvalue weighted by Gasteiger charge is 2.07. The lowest BCUT2D eigenvalue weighted by atomic mass is 10.4.